The van der Waals surface area contributed by atoms with E-state index in [4.69, 9.17) is 5.21 Å². The fourth-order valence-corrected chi connectivity index (χ4v) is 5.32. The molecule has 0 heterocycles. The monoisotopic (exact) mass is 312 g/mol. The number of benzene rings is 1. The summed E-state index contributed by atoms with van der Waals surface area (Å²) in [5.74, 6) is 2.35. The lowest BCUT2D eigenvalue weighted by Crippen LogP contribution is -2.45. The Morgan fingerprint density at radius 3 is 2.52 bits per heavy atom. The number of nitrogens with one attached hydrogen (secondary N) is 2. The van der Waals surface area contributed by atoms with Crippen molar-refractivity contribution >= 4 is 12.0 Å². The lowest BCUT2D eigenvalue weighted by atomic mass is 9.80. The number of hydrogen-bond donors (Lipinski definition) is 3. The first kappa shape index (κ1) is 14.9. The van der Waals surface area contributed by atoms with Crippen molar-refractivity contribution in [3.8, 4) is 0 Å². The van der Waals surface area contributed by atoms with Crippen LogP contribution in [0.5, 0.6) is 0 Å². The molecule has 1 aromatic carbocycles. The first-order chi connectivity index (χ1) is 11.2. The molecule has 23 heavy (non-hydrogen) atoms. The van der Waals surface area contributed by atoms with Crippen molar-refractivity contribution in [2.75, 3.05) is 0 Å². The molecular formula is C19H24N2O2. The van der Waals surface area contributed by atoms with Crippen LogP contribution in [0.2, 0.25) is 0 Å². The van der Waals surface area contributed by atoms with E-state index in [-0.39, 0.29) is 0 Å². The molecule has 4 nitrogen and oxygen atoms in total. The average molecular weight is 312 g/mol. The third kappa shape index (κ3) is 2.81. The highest BCUT2D eigenvalue weighted by Gasteiger charge is 2.57. The highest BCUT2D eigenvalue weighted by atomic mass is 16.5. The van der Waals surface area contributed by atoms with Gasteiger partial charge in [-0.15, -0.1) is 0 Å². The lowest BCUT2D eigenvalue weighted by Gasteiger charge is -2.34. The summed E-state index contributed by atoms with van der Waals surface area (Å²) in [6.45, 7) is 0.928. The molecule has 4 aliphatic rings. The van der Waals surface area contributed by atoms with Crippen LogP contribution in [0.25, 0.3) is 6.08 Å². The molecule has 122 valence electrons. The number of amides is 1. The van der Waals surface area contributed by atoms with Crippen LogP contribution in [-0.2, 0) is 11.3 Å². The van der Waals surface area contributed by atoms with Crippen molar-refractivity contribution < 1.29 is 10.0 Å². The Morgan fingerprint density at radius 2 is 1.87 bits per heavy atom. The smallest absolute Gasteiger partial charge is 0.267 e. The van der Waals surface area contributed by atoms with Crippen LogP contribution in [0.3, 0.4) is 0 Å². The number of hydrogen-bond acceptors (Lipinski definition) is 3. The normalized spacial score (nSPS) is 34.4. The summed E-state index contributed by atoms with van der Waals surface area (Å²) in [5.41, 5.74) is 4.25. The lowest BCUT2D eigenvalue weighted by molar-refractivity contribution is -0.124. The minimum Gasteiger partial charge on any atom is -0.307 e. The number of rotatable bonds is 5. The van der Waals surface area contributed by atoms with E-state index in [1.807, 2.05) is 12.1 Å². The molecule has 2 unspecified atom stereocenters. The van der Waals surface area contributed by atoms with Crippen LogP contribution in [-0.4, -0.2) is 16.7 Å². The van der Waals surface area contributed by atoms with Gasteiger partial charge in [0, 0.05) is 18.2 Å². The molecular weight excluding hydrogens is 288 g/mol. The maximum atomic E-state index is 11.0. The van der Waals surface area contributed by atoms with Crippen molar-refractivity contribution in [1.29, 1.82) is 0 Å². The van der Waals surface area contributed by atoms with Crippen molar-refractivity contribution in [2.24, 2.45) is 17.8 Å². The van der Waals surface area contributed by atoms with Crippen LogP contribution >= 0.6 is 0 Å². The van der Waals surface area contributed by atoms with Crippen molar-refractivity contribution in [1.82, 2.24) is 10.8 Å². The second-order valence-corrected chi connectivity index (χ2v) is 7.60. The van der Waals surface area contributed by atoms with Gasteiger partial charge in [-0.2, -0.15) is 0 Å². The predicted octanol–water partition coefficient (Wildman–Crippen LogP) is 2.87. The summed E-state index contributed by atoms with van der Waals surface area (Å²) in [6.07, 6.45) is 10.1. The summed E-state index contributed by atoms with van der Waals surface area (Å²) < 4.78 is 0. The summed E-state index contributed by atoms with van der Waals surface area (Å²) in [5, 5.41) is 12.4. The maximum Gasteiger partial charge on any atom is 0.267 e. The van der Waals surface area contributed by atoms with Crippen molar-refractivity contribution in [3.63, 3.8) is 0 Å². The van der Waals surface area contributed by atoms with Crippen LogP contribution < -0.4 is 10.8 Å². The van der Waals surface area contributed by atoms with E-state index >= 15 is 0 Å². The SMILES string of the molecule is O=C(/C=C/c1ccc(CNC23CC4CC(CC2C4)C3)cc1)NO. The summed E-state index contributed by atoms with van der Waals surface area (Å²) in [7, 11) is 0. The van der Waals surface area contributed by atoms with Crippen LogP contribution in [0.4, 0.5) is 0 Å². The van der Waals surface area contributed by atoms with Crippen molar-refractivity contribution in [2.45, 2.75) is 44.2 Å². The van der Waals surface area contributed by atoms with Gasteiger partial charge in [0.2, 0.25) is 0 Å². The Balaban J connectivity index is 1.37. The Kier molecular flexibility index (Phi) is 3.74. The molecule has 4 bridgehead atoms. The van der Waals surface area contributed by atoms with E-state index in [2.05, 4.69) is 17.4 Å². The molecule has 0 saturated heterocycles. The van der Waals surface area contributed by atoms with Gasteiger partial charge in [0.05, 0.1) is 0 Å². The zero-order valence-corrected chi connectivity index (χ0v) is 13.3. The zero-order valence-electron chi connectivity index (χ0n) is 13.3. The highest BCUT2D eigenvalue weighted by molar-refractivity contribution is 5.90. The summed E-state index contributed by atoms with van der Waals surface area (Å²) in [6, 6.07) is 8.24. The van der Waals surface area contributed by atoms with Gasteiger partial charge >= 0.3 is 0 Å². The third-order valence-corrected chi connectivity index (χ3v) is 6.15. The van der Waals surface area contributed by atoms with Gasteiger partial charge in [-0.3, -0.25) is 10.0 Å². The van der Waals surface area contributed by atoms with Gasteiger partial charge in [0.25, 0.3) is 5.91 Å². The molecule has 0 radical (unpaired) electrons. The third-order valence-electron chi connectivity index (χ3n) is 6.15. The Hall–Kier alpha value is -1.65. The first-order valence-electron chi connectivity index (χ1n) is 8.63. The molecule has 2 atom stereocenters. The fraction of sp³-hybridized carbons (Fsp3) is 0.526. The second kappa shape index (κ2) is 5.77. The van der Waals surface area contributed by atoms with Gasteiger partial charge < -0.3 is 5.32 Å². The Morgan fingerprint density at radius 1 is 1.17 bits per heavy atom. The highest BCUT2D eigenvalue weighted by Crippen LogP contribution is 2.60. The largest absolute Gasteiger partial charge is 0.307 e. The van der Waals surface area contributed by atoms with Gasteiger partial charge in [-0.1, -0.05) is 24.3 Å². The quantitative estimate of drug-likeness (QED) is 0.445. The second-order valence-electron chi connectivity index (χ2n) is 7.60. The van der Waals surface area contributed by atoms with E-state index in [0.717, 1.165) is 29.9 Å². The number of carbonyl (C=O) groups excluding carboxylic acids is 1. The molecule has 4 heteroatoms. The Labute approximate surface area is 136 Å². The number of hydroxylamine groups is 1. The standard InChI is InChI=1S/C19H24N2O2/c22-18(21-23)6-5-13-1-3-14(4-2-13)12-20-19-10-15-7-16(11-19)9-17(19)8-15/h1-6,15-17,20,23H,7-12H2,(H,21,22)/b6-5+. The fourth-order valence-electron chi connectivity index (χ4n) is 5.32. The summed E-state index contributed by atoms with van der Waals surface area (Å²) >= 11 is 0. The van der Waals surface area contributed by atoms with E-state index in [0.29, 0.717) is 5.54 Å². The maximum absolute atomic E-state index is 11.0. The van der Waals surface area contributed by atoms with Crippen molar-refractivity contribution in [3.05, 3.63) is 41.5 Å². The van der Waals surface area contributed by atoms with Crippen LogP contribution in [0.15, 0.2) is 30.3 Å². The van der Waals surface area contributed by atoms with Gasteiger partial charge in [0.1, 0.15) is 0 Å². The van der Waals surface area contributed by atoms with Crippen LogP contribution in [0, 0.1) is 17.8 Å². The Bertz CT molecular complexity index is 609. The predicted molar refractivity (Wildman–Crippen MR) is 88.5 cm³/mol. The molecule has 4 aliphatic carbocycles. The topological polar surface area (TPSA) is 61.4 Å². The molecule has 4 fully saturated rings. The van der Waals surface area contributed by atoms with Gasteiger partial charge in [0.15, 0.2) is 0 Å². The van der Waals surface area contributed by atoms with Gasteiger partial charge in [-0.05, 0) is 67.1 Å². The molecule has 1 aromatic rings. The molecule has 5 rings (SSSR count). The number of carbonyl (C=O) groups is 1. The molecule has 0 spiro atoms. The molecule has 4 saturated carbocycles. The minimum atomic E-state index is -0.512. The molecule has 3 N–H and O–H groups in total. The van der Waals surface area contributed by atoms with E-state index in [1.165, 1.54) is 43.7 Å². The van der Waals surface area contributed by atoms with E-state index in [1.54, 1.807) is 11.6 Å². The van der Waals surface area contributed by atoms with Crippen LogP contribution in [0.1, 0.15) is 43.2 Å². The van der Waals surface area contributed by atoms with E-state index in [9.17, 15) is 4.79 Å². The molecule has 1 amide bonds. The van der Waals surface area contributed by atoms with E-state index < -0.39 is 5.91 Å². The van der Waals surface area contributed by atoms with Gasteiger partial charge in [-0.25, -0.2) is 5.48 Å². The molecule has 0 aromatic heterocycles. The average Bonchev–Trinajstić information content (AvgIpc) is 2.96. The first-order valence-corrected chi connectivity index (χ1v) is 8.63. The summed E-state index contributed by atoms with van der Waals surface area (Å²) in [4.78, 5) is 11.0. The zero-order chi connectivity index (χ0) is 15.9. The molecule has 0 aliphatic heterocycles. The minimum absolute atomic E-state index is 0.422.